The van der Waals surface area contributed by atoms with Gasteiger partial charge in [-0.05, 0) is 5.39 Å². The normalized spacial score (nSPS) is 11.1. The molecule has 0 amide bonds. The van der Waals surface area contributed by atoms with Gasteiger partial charge in [-0.25, -0.2) is 0 Å². The van der Waals surface area contributed by atoms with E-state index in [0.29, 0.717) is 0 Å². The number of benzene rings is 2. The van der Waals surface area contributed by atoms with E-state index in [1.807, 2.05) is 18.3 Å². The Balaban J connectivity index is 2.61. The molecule has 0 saturated heterocycles. The Morgan fingerprint density at radius 3 is 2.71 bits per heavy atom. The van der Waals surface area contributed by atoms with Gasteiger partial charge in [0, 0.05) is 17.0 Å². The number of nitrogens with two attached hydrogens (primary N) is 1. The van der Waals surface area contributed by atoms with E-state index in [9.17, 15) is 0 Å². The number of nitrogen functional groups attached to an aromatic ring is 1. The molecule has 0 aliphatic heterocycles. The summed E-state index contributed by atoms with van der Waals surface area (Å²) in [7, 11) is 0. The van der Waals surface area contributed by atoms with Crippen LogP contribution in [-0.2, 0) is 0 Å². The fourth-order valence-corrected chi connectivity index (χ4v) is 1.90. The molecule has 3 N–H and O–H groups in total. The van der Waals surface area contributed by atoms with Gasteiger partial charge in [-0.3, -0.25) is 0 Å². The smallest absolute Gasteiger partial charge is 0.0572 e. The van der Waals surface area contributed by atoms with Crippen LogP contribution in [0.1, 0.15) is 0 Å². The van der Waals surface area contributed by atoms with Crippen molar-refractivity contribution in [2.75, 3.05) is 5.73 Å². The lowest BCUT2D eigenvalue weighted by atomic mass is 10.1. The SMILES string of the molecule is Nc1c[nH]c2c1ccc1ccccc12. The monoisotopic (exact) mass is 182 g/mol. The molecular weight excluding hydrogens is 172 g/mol. The predicted molar refractivity (Wildman–Crippen MR) is 60.2 cm³/mol. The summed E-state index contributed by atoms with van der Waals surface area (Å²) in [6.45, 7) is 0. The van der Waals surface area contributed by atoms with Gasteiger partial charge in [-0.1, -0.05) is 36.4 Å². The Morgan fingerprint density at radius 1 is 0.929 bits per heavy atom. The molecule has 0 spiro atoms. The standard InChI is InChI=1S/C12H10N2/c13-11-7-14-12-9-4-2-1-3-8(9)5-6-10(11)12/h1-7,14H,13H2. The second-order valence-electron chi connectivity index (χ2n) is 3.45. The molecule has 3 rings (SSSR count). The first-order chi connectivity index (χ1) is 6.86. The third-order valence-electron chi connectivity index (χ3n) is 2.61. The lowest BCUT2D eigenvalue weighted by Gasteiger charge is -1.98. The molecule has 0 atom stereocenters. The molecule has 3 aromatic rings. The topological polar surface area (TPSA) is 41.8 Å². The second-order valence-corrected chi connectivity index (χ2v) is 3.45. The quantitative estimate of drug-likeness (QED) is 0.551. The molecule has 0 aliphatic rings. The fourth-order valence-electron chi connectivity index (χ4n) is 1.90. The van der Waals surface area contributed by atoms with E-state index in [-0.39, 0.29) is 0 Å². The van der Waals surface area contributed by atoms with Gasteiger partial charge < -0.3 is 10.7 Å². The first-order valence-electron chi connectivity index (χ1n) is 4.60. The van der Waals surface area contributed by atoms with Gasteiger partial charge in [0.2, 0.25) is 0 Å². The maximum absolute atomic E-state index is 5.84. The van der Waals surface area contributed by atoms with Crippen LogP contribution in [0.25, 0.3) is 21.7 Å². The van der Waals surface area contributed by atoms with Gasteiger partial charge in [0.25, 0.3) is 0 Å². The molecule has 1 aromatic heterocycles. The number of hydrogen-bond acceptors (Lipinski definition) is 1. The van der Waals surface area contributed by atoms with E-state index in [4.69, 9.17) is 5.73 Å². The predicted octanol–water partition coefficient (Wildman–Crippen LogP) is 2.90. The van der Waals surface area contributed by atoms with Crippen molar-refractivity contribution in [3.05, 3.63) is 42.6 Å². The van der Waals surface area contributed by atoms with Crippen molar-refractivity contribution in [2.24, 2.45) is 0 Å². The zero-order chi connectivity index (χ0) is 9.54. The van der Waals surface area contributed by atoms with E-state index >= 15 is 0 Å². The van der Waals surface area contributed by atoms with Crippen LogP contribution in [0.4, 0.5) is 5.69 Å². The van der Waals surface area contributed by atoms with E-state index in [0.717, 1.165) is 16.6 Å². The summed E-state index contributed by atoms with van der Waals surface area (Å²) < 4.78 is 0. The summed E-state index contributed by atoms with van der Waals surface area (Å²) in [6, 6.07) is 12.4. The van der Waals surface area contributed by atoms with Gasteiger partial charge in [-0.2, -0.15) is 0 Å². The number of aromatic amines is 1. The van der Waals surface area contributed by atoms with Gasteiger partial charge >= 0.3 is 0 Å². The first kappa shape index (κ1) is 7.44. The molecule has 68 valence electrons. The summed E-state index contributed by atoms with van der Waals surface area (Å²) >= 11 is 0. The number of rotatable bonds is 0. The van der Waals surface area contributed by atoms with Crippen molar-refractivity contribution < 1.29 is 0 Å². The summed E-state index contributed by atoms with van der Waals surface area (Å²) in [5.41, 5.74) is 7.77. The largest absolute Gasteiger partial charge is 0.397 e. The van der Waals surface area contributed by atoms with Crippen molar-refractivity contribution in [2.45, 2.75) is 0 Å². The van der Waals surface area contributed by atoms with Crippen LogP contribution in [0.15, 0.2) is 42.6 Å². The van der Waals surface area contributed by atoms with E-state index < -0.39 is 0 Å². The van der Waals surface area contributed by atoms with Crippen molar-refractivity contribution in [1.29, 1.82) is 0 Å². The molecule has 14 heavy (non-hydrogen) atoms. The highest BCUT2D eigenvalue weighted by atomic mass is 14.7. The summed E-state index contributed by atoms with van der Waals surface area (Å²) in [6.07, 6.45) is 1.84. The van der Waals surface area contributed by atoms with Crippen LogP contribution in [0.5, 0.6) is 0 Å². The summed E-state index contributed by atoms with van der Waals surface area (Å²) in [5.74, 6) is 0. The third kappa shape index (κ3) is 0.852. The zero-order valence-corrected chi connectivity index (χ0v) is 7.62. The number of anilines is 1. The van der Waals surface area contributed by atoms with Crippen LogP contribution >= 0.6 is 0 Å². The molecule has 0 bridgehead atoms. The van der Waals surface area contributed by atoms with Crippen molar-refractivity contribution in [1.82, 2.24) is 4.98 Å². The molecule has 0 fully saturated rings. The van der Waals surface area contributed by atoms with Crippen molar-refractivity contribution in [3.8, 4) is 0 Å². The van der Waals surface area contributed by atoms with Gasteiger partial charge in [-0.15, -0.1) is 0 Å². The minimum absolute atomic E-state index is 0.811. The van der Waals surface area contributed by atoms with Crippen LogP contribution in [0.2, 0.25) is 0 Å². The van der Waals surface area contributed by atoms with Gasteiger partial charge in [0.05, 0.1) is 11.2 Å². The second kappa shape index (κ2) is 2.51. The molecular formula is C12H10N2. The highest BCUT2D eigenvalue weighted by Gasteiger charge is 2.03. The maximum atomic E-state index is 5.84. The minimum Gasteiger partial charge on any atom is -0.397 e. The molecule has 0 unspecified atom stereocenters. The Morgan fingerprint density at radius 2 is 1.79 bits per heavy atom. The van der Waals surface area contributed by atoms with Crippen LogP contribution in [0, 0.1) is 0 Å². The zero-order valence-electron chi connectivity index (χ0n) is 7.62. The number of aromatic nitrogens is 1. The van der Waals surface area contributed by atoms with Gasteiger partial charge in [0.1, 0.15) is 0 Å². The lowest BCUT2D eigenvalue weighted by molar-refractivity contribution is 1.49. The average molecular weight is 182 g/mol. The molecule has 2 aromatic carbocycles. The van der Waals surface area contributed by atoms with Crippen molar-refractivity contribution in [3.63, 3.8) is 0 Å². The van der Waals surface area contributed by atoms with E-state index in [2.05, 4.69) is 29.2 Å². The van der Waals surface area contributed by atoms with E-state index in [1.54, 1.807) is 0 Å². The minimum atomic E-state index is 0.811. The molecule has 0 radical (unpaired) electrons. The summed E-state index contributed by atoms with van der Waals surface area (Å²) in [5, 5.41) is 3.56. The summed E-state index contributed by atoms with van der Waals surface area (Å²) in [4.78, 5) is 3.21. The van der Waals surface area contributed by atoms with Crippen LogP contribution < -0.4 is 5.73 Å². The number of nitrogens with one attached hydrogen (secondary N) is 1. The van der Waals surface area contributed by atoms with E-state index in [1.165, 1.54) is 10.8 Å². The van der Waals surface area contributed by atoms with Crippen LogP contribution in [-0.4, -0.2) is 4.98 Å². The molecule has 0 saturated carbocycles. The number of H-pyrrole nitrogens is 1. The highest BCUT2D eigenvalue weighted by Crippen LogP contribution is 2.27. The Bertz CT molecular complexity index is 608. The number of hydrogen-bond donors (Lipinski definition) is 2. The Kier molecular flexibility index (Phi) is 1.34. The Hall–Kier alpha value is -1.96. The lowest BCUT2D eigenvalue weighted by Crippen LogP contribution is -1.80. The highest BCUT2D eigenvalue weighted by molar-refractivity contribution is 6.09. The first-order valence-corrected chi connectivity index (χ1v) is 4.60. The molecule has 1 heterocycles. The Labute approximate surface area is 81.3 Å². The molecule has 0 aliphatic carbocycles. The number of fused-ring (bicyclic) bond motifs is 3. The van der Waals surface area contributed by atoms with Crippen LogP contribution in [0.3, 0.4) is 0 Å². The maximum Gasteiger partial charge on any atom is 0.0572 e. The molecule has 2 heteroatoms. The fraction of sp³-hybridized carbons (Fsp3) is 0. The van der Waals surface area contributed by atoms with Gasteiger partial charge in [0.15, 0.2) is 0 Å². The third-order valence-corrected chi connectivity index (χ3v) is 2.61. The van der Waals surface area contributed by atoms with Crippen molar-refractivity contribution >= 4 is 27.4 Å². The average Bonchev–Trinajstić information content (AvgIpc) is 2.61. The molecule has 2 nitrogen and oxygen atoms in total.